The average molecular weight is 265 g/mol. The summed E-state index contributed by atoms with van der Waals surface area (Å²) >= 11 is 0. The summed E-state index contributed by atoms with van der Waals surface area (Å²) in [6.07, 6.45) is 8.46. The molecule has 0 amide bonds. The van der Waals surface area contributed by atoms with E-state index < -0.39 is 0 Å². The minimum atomic E-state index is 0.0666. The second-order valence-electron chi connectivity index (χ2n) is 5.97. The van der Waals surface area contributed by atoms with E-state index in [4.69, 9.17) is 0 Å². The van der Waals surface area contributed by atoms with Crippen molar-refractivity contribution in [1.82, 2.24) is 15.0 Å². The lowest BCUT2D eigenvalue weighted by atomic mass is 9.93. The molecule has 0 saturated carbocycles. The molecule has 0 atom stereocenters. The zero-order valence-corrected chi connectivity index (χ0v) is 12.2. The number of hydrogen-bond donors (Lipinski definition) is 0. The molecule has 3 heteroatoms. The molecule has 1 aromatic carbocycles. The van der Waals surface area contributed by atoms with Crippen molar-refractivity contribution < 1.29 is 0 Å². The Labute approximate surface area is 119 Å². The van der Waals surface area contributed by atoms with Crippen molar-refractivity contribution in [3.8, 4) is 0 Å². The predicted octanol–water partition coefficient (Wildman–Crippen LogP) is 3.70. The first-order chi connectivity index (χ1) is 9.52. The Morgan fingerprint density at radius 1 is 0.950 bits per heavy atom. The molecule has 20 heavy (non-hydrogen) atoms. The number of allylic oxidation sites excluding steroid dienone is 2. The molecule has 0 fully saturated rings. The third kappa shape index (κ3) is 2.72. The number of hydrogen-bond acceptors (Lipinski definition) is 2. The summed E-state index contributed by atoms with van der Waals surface area (Å²) in [4.78, 5) is 1.77. The first-order valence-corrected chi connectivity index (χ1v) is 6.91. The van der Waals surface area contributed by atoms with Gasteiger partial charge in [0.2, 0.25) is 0 Å². The van der Waals surface area contributed by atoms with Crippen LogP contribution in [0.1, 0.15) is 36.4 Å². The van der Waals surface area contributed by atoms with E-state index in [1.165, 1.54) is 11.1 Å². The summed E-state index contributed by atoms with van der Waals surface area (Å²) in [7, 11) is 0. The molecule has 0 bridgehead atoms. The van der Waals surface area contributed by atoms with Gasteiger partial charge in [0.1, 0.15) is 11.4 Å². The van der Waals surface area contributed by atoms with Crippen molar-refractivity contribution in [2.45, 2.75) is 27.3 Å². The van der Waals surface area contributed by atoms with Crippen LogP contribution in [0.4, 0.5) is 0 Å². The van der Waals surface area contributed by atoms with Crippen molar-refractivity contribution in [1.29, 1.82) is 0 Å². The molecular formula is C17H19N3. The van der Waals surface area contributed by atoms with Gasteiger partial charge in [-0.3, -0.25) is 0 Å². The second-order valence-corrected chi connectivity index (χ2v) is 5.97. The number of nitrogens with zero attached hydrogens (tertiary/aromatic N) is 3. The van der Waals surface area contributed by atoms with E-state index in [1.807, 2.05) is 0 Å². The number of benzene rings is 1. The van der Waals surface area contributed by atoms with Crippen molar-refractivity contribution >= 4 is 12.2 Å². The van der Waals surface area contributed by atoms with Crippen LogP contribution in [-0.2, 0) is 6.54 Å². The van der Waals surface area contributed by atoms with Crippen LogP contribution in [0.25, 0.3) is 12.2 Å². The van der Waals surface area contributed by atoms with Gasteiger partial charge in [-0.2, -0.15) is 15.0 Å². The van der Waals surface area contributed by atoms with Gasteiger partial charge in [-0.15, -0.1) is 0 Å². The molecule has 0 radical (unpaired) electrons. The zero-order valence-electron chi connectivity index (χ0n) is 12.2. The maximum atomic E-state index is 4.56. The summed E-state index contributed by atoms with van der Waals surface area (Å²) < 4.78 is 0. The minimum Gasteiger partial charge on any atom is -0.179 e. The molecule has 1 aromatic heterocycles. The SMILES string of the molecule is Cc1ccc(Cn2nc3c(n2)C=CC(C)(C)C=C3)cc1. The monoisotopic (exact) mass is 265 g/mol. The van der Waals surface area contributed by atoms with Crippen molar-refractivity contribution in [3.63, 3.8) is 0 Å². The molecule has 0 saturated heterocycles. The van der Waals surface area contributed by atoms with Gasteiger partial charge in [0, 0.05) is 5.41 Å². The highest BCUT2D eigenvalue weighted by atomic mass is 15.5. The van der Waals surface area contributed by atoms with Gasteiger partial charge in [-0.05, 0) is 24.6 Å². The zero-order chi connectivity index (χ0) is 14.2. The second kappa shape index (κ2) is 4.75. The molecule has 102 valence electrons. The van der Waals surface area contributed by atoms with E-state index >= 15 is 0 Å². The lowest BCUT2D eigenvalue weighted by Gasteiger charge is -2.12. The van der Waals surface area contributed by atoms with E-state index in [0.717, 1.165) is 11.4 Å². The van der Waals surface area contributed by atoms with Crippen LogP contribution in [0.3, 0.4) is 0 Å². The van der Waals surface area contributed by atoms with Crippen LogP contribution >= 0.6 is 0 Å². The smallest absolute Gasteiger partial charge is 0.112 e. The van der Waals surface area contributed by atoms with Crippen LogP contribution in [0.2, 0.25) is 0 Å². The number of aryl methyl sites for hydroxylation is 1. The van der Waals surface area contributed by atoms with Crippen LogP contribution in [0, 0.1) is 12.3 Å². The molecule has 2 aromatic rings. The highest BCUT2D eigenvalue weighted by Crippen LogP contribution is 2.25. The Kier molecular flexibility index (Phi) is 3.05. The van der Waals surface area contributed by atoms with Crippen molar-refractivity contribution in [3.05, 3.63) is 58.9 Å². The first-order valence-electron chi connectivity index (χ1n) is 6.91. The van der Waals surface area contributed by atoms with E-state index in [9.17, 15) is 0 Å². The normalized spacial score (nSPS) is 15.9. The summed E-state index contributed by atoms with van der Waals surface area (Å²) in [5.41, 5.74) is 4.44. The Bertz CT molecular complexity index is 639. The molecule has 0 spiro atoms. The summed E-state index contributed by atoms with van der Waals surface area (Å²) in [6.45, 7) is 7.15. The van der Waals surface area contributed by atoms with E-state index in [0.29, 0.717) is 6.54 Å². The molecule has 0 aliphatic heterocycles. The number of aromatic nitrogens is 3. The predicted molar refractivity (Wildman–Crippen MR) is 82.2 cm³/mol. The van der Waals surface area contributed by atoms with Gasteiger partial charge in [-0.25, -0.2) is 0 Å². The lowest BCUT2D eigenvalue weighted by Crippen LogP contribution is -2.04. The quantitative estimate of drug-likeness (QED) is 0.829. The van der Waals surface area contributed by atoms with Gasteiger partial charge in [0.05, 0.1) is 6.54 Å². The third-order valence-corrected chi connectivity index (χ3v) is 3.49. The first kappa shape index (κ1) is 12.9. The fourth-order valence-electron chi connectivity index (χ4n) is 2.18. The lowest BCUT2D eigenvalue weighted by molar-refractivity contribution is 0.587. The number of fused-ring (bicyclic) bond motifs is 1. The van der Waals surface area contributed by atoms with Gasteiger partial charge >= 0.3 is 0 Å². The third-order valence-electron chi connectivity index (χ3n) is 3.49. The van der Waals surface area contributed by atoms with Gasteiger partial charge in [0.15, 0.2) is 0 Å². The average Bonchev–Trinajstić information content (AvgIpc) is 2.73. The Hall–Kier alpha value is -2.16. The van der Waals surface area contributed by atoms with Gasteiger partial charge in [-0.1, -0.05) is 55.8 Å². The Morgan fingerprint density at radius 3 is 2.05 bits per heavy atom. The largest absolute Gasteiger partial charge is 0.179 e. The fraction of sp³-hybridized carbons (Fsp3) is 0.294. The Morgan fingerprint density at radius 2 is 1.50 bits per heavy atom. The summed E-state index contributed by atoms with van der Waals surface area (Å²) in [6, 6.07) is 8.48. The standard InChI is InChI=1S/C17H19N3/c1-13-4-6-14(7-5-13)12-20-18-15-8-10-17(2,3)11-9-16(15)19-20/h4-11H,12H2,1-3H3. The van der Waals surface area contributed by atoms with Crippen LogP contribution in [0.15, 0.2) is 36.4 Å². The van der Waals surface area contributed by atoms with E-state index in [-0.39, 0.29) is 5.41 Å². The molecular weight excluding hydrogens is 246 g/mol. The maximum Gasteiger partial charge on any atom is 0.112 e. The molecule has 0 unspecified atom stereocenters. The summed E-state index contributed by atoms with van der Waals surface area (Å²) in [5, 5.41) is 9.12. The summed E-state index contributed by atoms with van der Waals surface area (Å²) in [5.74, 6) is 0. The van der Waals surface area contributed by atoms with Crippen molar-refractivity contribution in [2.75, 3.05) is 0 Å². The maximum absolute atomic E-state index is 4.56. The highest BCUT2D eigenvalue weighted by Gasteiger charge is 2.15. The van der Waals surface area contributed by atoms with Crippen LogP contribution < -0.4 is 0 Å². The van der Waals surface area contributed by atoms with E-state index in [1.54, 1.807) is 4.80 Å². The number of rotatable bonds is 2. The Balaban J connectivity index is 1.85. The molecule has 1 aliphatic carbocycles. The molecule has 0 N–H and O–H groups in total. The van der Waals surface area contributed by atoms with Gasteiger partial charge < -0.3 is 0 Å². The van der Waals surface area contributed by atoms with Crippen LogP contribution in [0.5, 0.6) is 0 Å². The van der Waals surface area contributed by atoms with E-state index in [2.05, 4.69) is 79.5 Å². The minimum absolute atomic E-state index is 0.0666. The highest BCUT2D eigenvalue weighted by molar-refractivity contribution is 5.62. The molecule has 1 aliphatic rings. The topological polar surface area (TPSA) is 30.7 Å². The van der Waals surface area contributed by atoms with Crippen molar-refractivity contribution in [2.24, 2.45) is 5.41 Å². The fourth-order valence-corrected chi connectivity index (χ4v) is 2.18. The molecule has 1 heterocycles. The van der Waals surface area contributed by atoms with Gasteiger partial charge in [0.25, 0.3) is 0 Å². The van der Waals surface area contributed by atoms with Crippen LogP contribution in [-0.4, -0.2) is 15.0 Å². The molecule has 3 rings (SSSR count). The molecule has 3 nitrogen and oxygen atoms in total.